The molecule has 0 rings (SSSR count). The maximum Gasteiger partial charge on any atom is 0.334 e. The van der Waals surface area contributed by atoms with Crippen LogP contribution in [0.4, 0.5) is 0 Å². The highest BCUT2D eigenvalue weighted by atomic mass is 16.5. The topological polar surface area (TPSA) is 66.8 Å². The van der Waals surface area contributed by atoms with Crippen LogP contribution < -0.4 is 0 Å². The Labute approximate surface area is 65.8 Å². The minimum Gasteiger partial charge on any atom is -0.464 e. The van der Waals surface area contributed by atoms with E-state index in [0.29, 0.717) is 6.42 Å². The second-order valence-corrected chi connectivity index (χ2v) is 2.48. The largest absolute Gasteiger partial charge is 0.464 e. The fraction of sp³-hybridized carbons (Fsp3) is 0.857. The molecule has 0 aliphatic rings. The second-order valence-electron chi connectivity index (χ2n) is 2.48. The fourth-order valence-electron chi connectivity index (χ4n) is 0.451. The predicted octanol–water partition coefficient (Wildman–Crippen LogP) is -0.319. The predicted molar refractivity (Wildman–Crippen MR) is 38.9 cm³/mol. The van der Waals surface area contributed by atoms with Crippen LogP contribution in [0.1, 0.15) is 20.3 Å². The number of hydrogen-bond donors (Lipinski definition) is 2. The molecule has 0 aromatic heterocycles. The lowest BCUT2D eigenvalue weighted by atomic mass is 10.3. The van der Waals surface area contributed by atoms with Gasteiger partial charge in [0.25, 0.3) is 0 Å². The monoisotopic (exact) mass is 162 g/mol. The molecule has 66 valence electrons. The summed E-state index contributed by atoms with van der Waals surface area (Å²) in [5.41, 5.74) is 0. The molecule has 4 nitrogen and oxygen atoms in total. The van der Waals surface area contributed by atoms with E-state index in [1.807, 2.05) is 0 Å². The van der Waals surface area contributed by atoms with Crippen molar-refractivity contribution in [2.45, 2.75) is 32.5 Å². The van der Waals surface area contributed by atoms with Gasteiger partial charge in [0.1, 0.15) is 6.10 Å². The summed E-state index contributed by atoms with van der Waals surface area (Å²) in [6.45, 7) is 3.10. The van der Waals surface area contributed by atoms with Gasteiger partial charge in [-0.2, -0.15) is 0 Å². The zero-order valence-electron chi connectivity index (χ0n) is 6.78. The Balaban J connectivity index is 3.32. The van der Waals surface area contributed by atoms with Crippen LogP contribution in [0.3, 0.4) is 0 Å². The summed E-state index contributed by atoms with van der Waals surface area (Å²) < 4.78 is 4.57. The van der Waals surface area contributed by atoms with E-state index in [1.54, 1.807) is 6.92 Å². The number of carbonyl (C=O) groups excluding carboxylic acids is 1. The Morgan fingerprint density at radius 3 is 2.36 bits per heavy atom. The molecular formula is C7H14O4. The molecule has 11 heavy (non-hydrogen) atoms. The highest BCUT2D eigenvalue weighted by Gasteiger charge is 2.09. The lowest BCUT2D eigenvalue weighted by Gasteiger charge is -2.07. The summed E-state index contributed by atoms with van der Waals surface area (Å²) in [7, 11) is 0. The van der Waals surface area contributed by atoms with Crippen LogP contribution in [0, 0.1) is 0 Å². The van der Waals surface area contributed by atoms with Crippen LogP contribution in [0.25, 0.3) is 0 Å². The Morgan fingerprint density at radius 1 is 1.45 bits per heavy atom. The van der Waals surface area contributed by atoms with Crippen LogP contribution in [0.15, 0.2) is 0 Å². The summed E-state index contributed by atoms with van der Waals surface area (Å²) in [5, 5.41) is 17.4. The third-order valence-electron chi connectivity index (χ3n) is 1.12. The molecular weight excluding hydrogens is 148 g/mol. The Kier molecular flexibility index (Phi) is 4.81. The first kappa shape index (κ1) is 10.4. The van der Waals surface area contributed by atoms with Gasteiger partial charge in [0.2, 0.25) is 0 Å². The van der Waals surface area contributed by atoms with Gasteiger partial charge in [-0.15, -0.1) is 0 Å². The highest BCUT2D eigenvalue weighted by molar-refractivity contribution is 5.73. The van der Waals surface area contributed by atoms with Gasteiger partial charge in [0, 0.05) is 6.42 Å². The zero-order chi connectivity index (χ0) is 8.85. The van der Waals surface area contributed by atoms with E-state index in [9.17, 15) is 4.79 Å². The number of aliphatic hydroxyl groups is 2. The van der Waals surface area contributed by atoms with Crippen LogP contribution in [-0.4, -0.2) is 35.0 Å². The molecule has 0 saturated heterocycles. The molecule has 0 amide bonds. The summed E-state index contributed by atoms with van der Waals surface area (Å²) >= 11 is 0. The SMILES string of the molecule is CC(O)CCOC(=O)C(C)O. The highest BCUT2D eigenvalue weighted by Crippen LogP contribution is 1.92. The summed E-state index contributed by atoms with van der Waals surface area (Å²) in [4.78, 5) is 10.6. The van der Waals surface area contributed by atoms with Gasteiger partial charge in [-0.3, -0.25) is 0 Å². The van der Waals surface area contributed by atoms with Crippen molar-refractivity contribution in [2.75, 3.05) is 6.61 Å². The normalized spacial score (nSPS) is 15.6. The van der Waals surface area contributed by atoms with E-state index in [4.69, 9.17) is 10.2 Å². The van der Waals surface area contributed by atoms with Crippen LogP contribution >= 0.6 is 0 Å². The lowest BCUT2D eigenvalue weighted by molar-refractivity contribution is -0.153. The molecule has 0 aromatic rings. The van der Waals surface area contributed by atoms with E-state index in [0.717, 1.165) is 0 Å². The number of hydrogen-bond acceptors (Lipinski definition) is 4. The first-order valence-electron chi connectivity index (χ1n) is 3.56. The van der Waals surface area contributed by atoms with Gasteiger partial charge in [-0.25, -0.2) is 4.79 Å². The molecule has 0 aliphatic carbocycles. The van der Waals surface area contributed by atoms with Gasteiger partial charge >= 0.3 is 5.97 Å². The average Bonchev–Trinajstić information content (AvgIpc) is 1.86. The minimum atomic E-state index is -1.08. The molecule has 0 heterocycles. The second kappa shape index (κ2) is 5.09. The third kappa shape index (κ3) is 5.82. The Hall–Kier alpha value is -0.610. The van der Waals surface area contributed by atoms with Crippen molar-refractivity contribution in [3.63, 3.8) is 0 Å². The number of carbonyl (C=O) groups is 1. The zero-order valence-corrected chi connectivity index (χ0v) is 6.78. The van der Waals surface area contributed by atoms with Crippen LogP contribution in [0.5, 0.6) is 0 Å². The van der Waals surface area contributed by atoms with E-state index in [-0.39, 0.29) is 6.61 Å². The van der Waals surface area contributed by atoms with E-state index >= 15 is 0 Å². The summed E-state index contributed by atoms with van der Waals surface area (Å²) in [5.74, 6) is -0.648. The first-order valence-corrected chi connectivity index (χ1v) is 3.56. The van der Waals surface area contributed by atoms with E-state index in [1.165, 1.54) is 6.92 Å². The molecule has 2 unspecified atom stereocenters. The molecule has 0 aromatic carbocycles. The molecule has 2 N–H and O–H groups in total. The van der Waals surface area contributed by atoms with Crippen LogP contribution in [-0.2, 0) is 9.53 Å². The molecule has 0 aliphatic heterocycles. The van der Waals surface area contributed by atoms with Crippen molar-refractivity contribution in [3.8, 4) is 0 Å². The van der Waals surface area contributed by atoms with E-state index < -0.39 is 18.2 Å². The van der Waals surface area contributed by atoms with Gasteiger partial charge in [-0.05, 0) is 13.8 Å². The lowest BCUT2D eigenvalue weighted by Crippen LogP contribution is -2.20. The molecule has 0 radical (unpaired) electrons. The van der Waals surface area contributed by atoms with Crippen molar-refractivity contribution in [1.29, 1.82) is 0 Å². The van der Waals surface area contributed by atoms with Gasteiger partial charge in [0.05, 0.1) is 12.7 Å². The fourth-order valence-corrected chi connectivity index (χ4v) is 0.451. The molecule has 0 spiro atoms. The smallest absolute Gasteiger partial charge is 0.334 e. The molecule has 0 bridgehead atoms. The van der Waals surface area contributed by atoms with Crippen molar-refractivity contribution >= 4 is 5.97 Å². The van der Waals surface area contributed by atoms with E-state index in [2.05, 4.69) is 4.74 Å². The van der Waals surface area contributed by atoms with Crippen molar-refractivity contribution < 1.29 is 19.7 Å². The summed E-state index contributed by atoms with van der Waals surface area (Å²) in [6.07, 6.45) is -1.15. The molecule has 4 heteroatoms. The molecule has 2 atom stereocenters. The summed E-state index contributed by atoms with van der Waals surface area (Å²) in [6, 6.07) is 0. The number of ether oxygens (including phenoxy) is 1. The molecule has 0 fully saturated rings. The number of rotatable bonds is 4. The third-order valence-corrected chi connectivity index (χ3v) is 1.12. The van der Waals surface area contributed by atoms with Gasteiger partial charge in [0.15, 0.2) is 0 Å². The first-order chi connectivity index (χ1) is 5.04. The maximum atomic E-state index is 10.6. The number of esters is 1. The Morgan fingerprint density at radius 2 is 2.00 bits per heavy atom. The van der Waals surface area contributed by atoms with Crippen molar-refractivity contribution in [2.24, 2.45) is 0 Å². The molecule has 0 saturated carbocycles. The van der Waals surface area contributed by atoms with Gasteiger partial charge < -0.3 is 14.9 Å². The minimum absolute atomic E-state index is 0.154. The van der Waals surface area contributed by atoms with Crippen molar-refractivity contribution in [1.82, 2.24) is 0 Å². The van der Waals surface area contributed by atoms with Crippen molar-refractivity contribution in [3.05, 3.63) is 0 Å². The quantitative estimate of drug-likeness (QED) is 0.556. The van der Waals surface area contributed by atoms with Gasteiger partial charge in [-0.1, -0.05) is 0 Å². The van der Waals surface area contributed by atoms with Crippen LogP contribution in [0.2, 0.25) is 0 Å². The Bertz CT molecular complexity index is 120. The average molecular weight is 162 g/mol. The number of aliphatic hydroxyl groups excluding tert-OH is 2. The standard InChI is InChI=1S/C7H14O4/c1-5(8)3-4-11-7(10)6(2)9/h5-6,8-9H,3-4H2,1-2H3. The maximum absolute atomic E-state index is 10.6.